The van der Waals surface area contributed by atoms with Gasteiger partial charge in [0.05, 0.1) is 23.1 Å². The first-order chi connectivity index (χ1) is 14.2. The zero-order chi connectivity index (χ0) is 20.2. The molecule has 7 nitrogen and oxygen atoms in total. The minimum Gasteiger partial charge on any atom is -0.336 e. The van der Waals surface area contributed by atoms with Crippen molar-refractivity contribution in [2.24, 2.45) is 0 Å². The summed E-state index contributed by atoms with van der Waals surface area (Å²) < 4.78 is 4.05. The minimum absolute atomic E-state index is 0.0761. The standard InChI is InChI=1S/C22H28N6O/c1-3-21-23-9-10-26(21)14-11-25-12-15-27(16-13-25)22(29)20-17-24-28(18(20)2)19-7-5-4-6-8-19/h4-10,17H,3,11-16H2,1-2H3. The van der Waals surface area contributed by atoms with Crippen molar-refractivity contribution in [3.05, 3.63) is 66.0 Å². The molecule has 3 heterocycles. The van der Waals surface area contributed by atoms with Gasteiger partial charge in [-0.15, -0.1) is 0 Å². The van der Waals surface area contributed by atoms with E-state index in [1.54, 1.807) is 6.20 Å². The van der Waals surface area contributed by atoms with Crippen LogP contribution < -0.4 is 0 Å². The van der Waals surface area contributed by atoms with E-state index >= 15 is 0 Å². The summed E-state index contributed by atoms with van der Waals surface area (Å²) >= 11 is 0. The quantitative estimate of drug-likeness (QED) is 0.646. The smallest absolute Gasteiger partial charge is 0.257 e. The Morgan fingerprint density at radius 2 is 1.83 bits per heavy atom. The van der Waals surface area contributed by atoms with Crippen molar-refractivity contribution < 1.29 is 4.79 Å². The highest BCUT2D eigenvalue weighted by Crippen LogP contribution is 2.17. The Hall–Kier alpha value is -2.93. The van der Waals surface area contributed by atoms with Crippen molar-refractivity contribution in [1.29, 1.82) is 0 Å². The number of imidazole rings is 1. The van der Waals surface area contributed by atoms with Crippen LogP contribution in [0.15, 0.2) is 48.9 Å². The maximum absolute atomic E-state index is 13.0. The second-order valence-electron chi connectivity index (χ2n) is 7.42. The van der Waals surface area contributed by atoms with Crippen molar-refractivity contribution in [2.45, 2.75) is 26.8 Å². The number of hydrogen-bond acceptors (Lipinski definition) is 4. The SMILES string of the molecule is CCc1nccn1CCN1CCN(C(=O)c2cnn(-c3ccccc3)c2C)CC1. The molecule has 0 radical (unpaired) electrons. The third-order valence-corrected chi connectivity index (χ3v) is 5.68. The fraction of sp³-hybridized carbons (Fsp3) is 0.409. The van der Waals surface area contributed by atoms with Crippen LogP contribution in [0.5, 0.6) is 0 Å². The van der Waals surface area contributed by atoms with Crippen LogP contribution in [0.25, 0.3) is 5.69 Å². The molecule has 1 saturated heterocycles. The lowest BCUT2D eigenvalue weighted by atomic mass is 10.2. The van der Waals surface area contributed by atoms with Gasteiger partial charge in [0, 0.05) is 58.1 Å². The molecule has 1 fully saturated rings. The van der Waals surface area contributed by atoms with Gasteiger partial charge in [0.25, 0.3) is 5.91 Å². The third-order valence-electron chi connectivity index (χ3n) is 5.68. The van der Waals surface area contributed by atoms with Crippen LogP contribution in [0.4, 0.5) is 0 Å². The van der Waals surface area contributed by atoms with E-state index in [9.17, 15) is 4.79 Å². The van der Waals surface area contributed by atoms with Gasteiger partial charge in [0.15, 0.2) is 0 Å². The molecule has 2 aromatic heterocycles. The molecule has 4 rings (SSSR count). The van der Waals surface area contributed by atoms with E-state index in [1.807, 2.05) is 59.2 Å². The van der Waals surface area contributed by atoms with Gasteiger partial charge in [0.1, 0.15) is 5.82 Å². The Labute approximate surface area is 171 Å². The van der Waals surface area contributed by atoms with Crippen LogP contribution in [-0.2, 0) is 13.0 Å². The first kappa shape index (κ1) is 19.4. The normalized spacial score (nSPS) is 15.0. The second kappa shape index (κ2) is 8.61. The van der Waals surface area contributed by atoms with Crippen LogP contribution in [-0.4, -0.2) is 67.8 Å². The van der Waals surface area contributed by atoms with E-state index in [-0.39, 0.29) is 5.91 Å². The van der Waals surface area contributed by atoms with Gasteiger partial charge in [-0.1, -0.05) is 25.1 Å². The number of piperazine rings is 1. The molecule has 7 heteroatoms. The summed E-state index contributed by atoms with van der Waals surface area (Å²) in [6.07, 6.45) is 6.56. The summed E-state index contributed by atoms with van der Waals surface area (Å²) in [5, 5.41) is 4.44. The van der Waals surface area contributed by atoms with Crippen molar-refractivity contribution >= 4 is 5.91 Å². The highest BCUT2D eigenvalue weighted by Gasteiger charge is 2.25. The molecule has 0 unspecified atom stereocenters. The predicted molar refractivity (Wildman–Crippen MR) is 112 cm³/mol. The summed E-state index contributed by atoms with van der Waals surface area (Å²) in [5.74, 6) is 1.21. The molecule has 3 aromatic rings. The molecule has 1 aliphatic rings. The van der Waals surface area contributed by atoms with Crippen molar-refractivity contribution in [1.82, 2.24) is 29.1 Å². The van der Waals surface area contributed by atoms with Crippen molar-refractivity contribution in [3.8, 4) is 5.69 Å². The van der Waals surface area contributed by atoms with E-state index in [0.29, 0.717) is 5.56 Å². The van der Waals surface area contributed by atoms with Gasteiger partial charge in [-0.25, -0.2) is 9.67 Å². The summed E-state index contributed by atoms with van der Waals surface area (Å²) in [5.41, 5.74) is 2.55. The zero-order valence-corrected chi connectivity index (χ0v) is 17.2. The number of para-hydroxylation sites is 1. The molecule has 0 aliphatic carbocycles. The van der Waals surface area contributed by atoms with E-state index in [2.05, 4.69) is 26.5 Å². The largest absolute Gasteiger partial charge is 0.336 e. The first-order valence-corrected chi connectivity index (χ1v) is 10.3. The fourth-order valence-electron chi connectivity index (χ4n) is 3.90. The average molecular weight is 393 g/mol. The molecular formula is C22H28N6O. The molecule has 0 saturated carbocycles. The molecule has 0 bridgehead atoms. The topological polar surface area (TPSA) is 59.2 Å². The number of carbonyl (C=O) groups is 1. The monoisotopic (exact) mass is 392 g/mol. The number of hydrogen-bond donors (Lipinski definition) is 0. The molecule has 1 aliphatic heterocycles. The molecule has 152 valence electrons. The molecular weight excluding hydrogens is 364 g/mol. The fourth-order valence-corrected chi connectivity index (χ4v) is 3.90. The Morgan fingerprint density at radius 1 is 1.07 bits per heavy atom. The first-order valence-electron chi connectivity index (χ1n) is 10.3. The third kappa shape index (κ3) is 4.10. The van der Waals surface area contributed by atoms with Crippen LogP contribution >= 0.6 is 0 Å². The molecule has 0 N–H and O–H groups in total. The van der Waals surface area contributed by atoms with Gasteiger partial charge >= 0.3 is 0 Å². The van der Waals surface area contributed by atoms with E-state index < -0.39 is 0 Å². The Balaban J connectivity index is 1.34. The maximum Gasteiger partial charge on any atom is 0.257 e. The molecule has 1 amide bonds. The van der Waals surface area contributed by atoms with Crippen LogP contribution in [0.3, 0.4) is 0 Å². The van der Waals surface area contributed by atoms with Crippen molar-refractivity contribution in [3.63, 3.8) is 0 Å². The maximum atomic E-state index is 13.0. The van der Waals surface area contributed by atoms with Gasteiger partial charge in [-0.3, -0.25) is 9.69 Å². The van der Waals surface area contributed by atoms with Gasteiger partial charge < -0.3 is 9.47 Å². The van der Waals surface area contributed by atoms with Gasteiger partial charge in [0.2, 0.25) is 0 Å². The van der Waals surface area contributed by atoms with E-state index in [0.717, 1.165) is 62.9 Å². The molecule has 1 aromatic carbocycles. The van der Waals surface area contributed by atoms with Crippen molar-refractivity contribution in [2.75, 3.05) is 32.7 Å². The second-order valence-corrected chi connectivity index (χ2v) is 7.42. The highest BCUT2D eigenvalue weighted by atomic mass is 16.2. The zero-order valence-electron chi connectivity index (χ0n) is 17.2. The number of benzene rings is 1. The van der Waals surface area contributed by atoms with Gasteiger partial charge in [-0.2, -0.15) is 5.10 Å². The van der Waals surface area contributed by atoms with Gasteiger partial charge in [-0.05, 0) is 19.1 Å². The summed E-state index contributed by atoms with van der Waals surface area (Å²) in [4.78, 5) is 21.8. The number of rotatable bonds is 6. The molecule has 0 spiro atoms. The molecule has 29 heavy (non-hydrogen) atoms. The Kier molecular flexibility index (Phi) is 5.76. The van der Waals surface area contributed by atoms with E-state index in [4.69, 9.17) is 0 Å². The lowest BCUT2D eigenvalue weighted by molar-refractivity contribution is 0.0632. The number of nitrogens with zero attached hydrogens (tertiary/aromatic N) is 6. The Morgan fingerprint density at radius 3 is 2.55 bits per heavy atom. The van der Waals surface area contributed by atoms with Crippen LogP contribution in [0.2, 0.25) is 0 Å². The summed E-state index contributed by atoms with van der Waals surface area (Å²) in [6, 6.07) is 9.92. The predicted octanol–water partition coefficient (Wildman–Crippen LogP) is 2.40. The minimum atomic E-state index is 0.0761. The summed E-state index contributed by atoms with van der Waals surface area (Å²) in [6.45, 7) is 9.31. The average Bonchev–Trinajstić information content (AvgIpc) is 3.38. The molecule has 0 atom stereocenters. The number of aryl methyl sites for hydroxylation is 1. The lowest BCUT2D eigenvalue weighted by Crippen LogP contribution is -2.49. The highest BCUT2D eigenvalue weighted by molar-refractivity contribution is 5.95. The van der Waals surface area contributed by atoms with Crippen LogP contribution in [0, 0.1) is 6.92 Å². The number of carbonyl (C=O) groups excluding carboxylic acids is 1. The number of amides is 1. The van der Waals surface area contributed by atoms with Crippen LogP contribution in [0.1, 0.15) is 28.8 Å². The van der Waals surface area contributed by atoms with E-state index in [1.165, 1.54) is 0 Å². The lowest BCUT2D eigenvalue weighted by Gasteiger charge is -2.34. The summed E-state index contributed by atoms with van der Waals surface area (Å²) in [7, 11) is 0. The Bertz CT molecular complexity index is 953. The number of aromatic nitrogens is 4.